The number of carboxylic acids is 1. The van der Waals surface area contributed by atoms with Gasteiger partial charge in [0.25, 0.3) is 0 Å². The summed E-state index contributed by atoms with van der Waals surface area (Å²) in [5.41, 5.74) is 5.61. The van der Waals surface area contributed by atoms with Gasteiger partial charge in [0.1, 0.15) is 12.6 Å². The number of hydrogen-bond donors (Lipinski definition) is 3. The molecule has 0 heterocycles. The number of ether oxygens (including phenoxy) is 1. The molecular formula is C27H24N2O5. The Morgan fingerprint density at radius 2 is 1.62 bits per heavy atom. The molecule has 3 aromatic rings. The highest BCUT2D eigenvalue weighted by atomic mass is 16.5. The minimum atomic E-state index is -1.06. The van der Waals surface area contributed by atoms with Crippen molar-refractivity contribution in [2.75, 3.05) is 11.9 Å². The third kappa shape index (κ3) is 5.15. The Morgan fingerprint density at radius 1 is 0.971 bits per heavy atom. The summed E-state index contributed by atoms with van der Waals surface area (Å²) in [7, 11) is 0. The van der Waals surface area contributed by atoms with Gasteiger partial charge >= 0.3 is 12.1 Å². The first kappa shape index (κ1) is 22.8. The van der Waals surface area contributed by atoms with Crippen LogP contribution in [0.4, 0.5) is 10.5 Å². The van der Waals surface area contributed by atoms with Crippen molar-refractivity contribution in [3.8, 4) is 11.1 Å². The van der Waals surface area contributed by atoms with E-state index in [0.29, 0.717) is 11.3 Å². The van der Waals surface area contributed by atoms with Gasteiger partial charge in [-0.05, 0) is 52.9 Å². The molecule has 0 bridgehead atoms. The van der Waals surface area contributed by atoms with Gasteiger partial charge in [0.15, 0.2) is 0 Å². The van der Waals surface area contributed by atoms with E-state index in [1.807, 2.05) is 36.4 Å². The zero-order valence-corrected chi connectivity index (χ0v) is 18.5. The van der Waals surface area contributed by atoms with E-state index in [0.717, 1.165) is 28.3 Å². The molecule has 0 saturated heterocycles. The fourth-order valence-electron chi connectivity index (χ4n) is 4.02. The van der Waals surface area contributed by atoms with Gasteiger partial charge in [-0.2, -0.15) is 0 Å². The first-order valence-electron chi connectivity index (χ1n) is 10.9. The van der Waals surface area contributed by atoms with Gasteiger partial charge in [0.2, 0.25) is 5.91 Å². The molecule has 2 amide bonds. The average Bonchev–Trinajstić information content (AvgIpc) is 3.15. The van der Waals surface area contributed by atoms with E-state index in [9.17, 15) is 14.4 Å². The predicted octanol–water partition coefficient (Wildman–Crippen LogP) is 4.65. The molecule has 3 N–H and O–H groups in total. The molecule has 1 unspecified atom stereocenters. The van der Waals surface area contributed by atoms with E-state index in [-0.39, 0.29) is 12.5 Å². The predicted molar refractivity (Wildman–Crippen MR) is 129 cm³/mol. The second-order valence-electron chi connectivity index (χ2n) is 7.98. The Bertz CT molecular complexity index is 1220. The molecule has 0 saturated carbocycles. The van der Waals surface area contributed by atoms with Crippen LogP contribution in [0.2, 0.25) is 0 Å². The van der Waals surface area contributed by atoms with Gasteiger partial charge in [-0.1, -0.05) is 60.7 Å². The summed E-state index contributed by atoms with van der Waals surface area (Å²) in [6.45, 7) is 1.72. The number of fused-ring (bicyclic) bond motifs is 3. The van der Waals surface area contributed by atoms with Crippen molar-refractivity contribution >= 4 is 29.7 Å². The number of nitrogens with one attached hydrogen (secondary N) is 2. The van der Waals surface area contributed by atoms with Crippen LogP contribution in [0.25, 0.3) is 17.2 Å². The van der Waals surface area contributed by atoms with Gasteiger partial charge < -0.3 is 20.5 Å². The lowest BCUT2D eigenvalue weighted by molar-refractivity contribution is -0.131. The quantitative estimate of drug-likeness (QED) is 0.449. The Morgan fingerprint density at radius 3 is 2.26 bits per heavy atom. The van der Waals surface area contributed by atoms with Crippen molar-refractivity contribution in [2.45, 2.75) is 18.9 Å². The number of hydrogen-bond acceptors (Lipinski definition) is 4. The van der Waals surface area contributed by atoms with Crippen LogP contribution in [0.15, 0.2) is 78.9 Å². The highest BCUT2D eigenvalue weighted by molar-refractivity contribution is 5.96. The monoisotopic (exact) mass is 456 g/mol. The Balaban J connectivity index is 1.34. The molecule has 4 rings (SSSR count). The lowest BCUT2D eigenvalue weighted by Crippen LogP contribution is -2.42. The number of rotatable bonds is 7. The van der Waals surface area contributed by atoms with E-state index < -0.39 is 24.0 Å². The largest absolute Gasteiger partial charge is 0.478 e. The molecule has 0 aromatic heterocycles. The summed E-state index contributed by atoms with van der Waals surface area (Å²) in [5, 5.41) is 14.0. The number of carbonyl (C=O) groups is 3. The summed E-state index contributed by atoms with van der Waals surface area (Å²) in [4.78, 5) is 35.6. The van der Waals surface area contributed by atoms with Crippen LogP contribution in [-0.4, -0.2) is 35.7 Å². The topological polar surface area (TPSA) is 105 Å². The lowest BCUT2D eigenvalue weighted by Gasteiger charge is -2.17. The number of aliphatic carboxylic acids is 1. The highest BCUT2D eigenvalue weighted by Crippen LogP contribution is 2.44. The molecule has 7 heteroatoms. The summed E-state index contributed by atoms with van der Waals surface area (Å²) >= 11 is 0. The Hall–Kier alpha value is -4.39. The van der Waals surface area contributed by atoms with Crippen molar-refractivity contribution < 1.29 is 24.2 Å². The SMILES string of the molecule is CC(NC(=O)OCC1c2ccccc2-c2ccccc21)C(=O)Nc1cccc(/C=C/C(=O)O)c1. The van der Waals surface area contributed by atoms with Gasteiger partial charge in [-0.3, -0.25) is 4.79 Å². The second kappa shape index (κ2) is 10.0. The fourth-order valence-corrected chi connectivity index (χ4v) is 4.02. The molecular weight excluding hydrogens is 432 g/mol. The van der Waals surface area contributed by atoms with Crippen LogP contribution in [0.5, 0.6) is 0 Å². The van der Waals surface area contributed by atoms with E-state index in [4.69, 9.17) is 9.84 Å². The molecule has 1 atom stereocenters. The maximum Gasteiger partial charge on any atom is 0.407 e. The van der Waals surface area contributed by atoms with Gasteiger partial charge in [0.05, 0.1) is 0 Å². The third-order valence-electron chi connectivity index (χ3n) is 5.64. The summed E-state index contributed by atoms with van der Waals surface area (Å²) in [6.07, 6.45) is 1.76. The zero-order chi connectivity index (χ0) is 24.1. The lowest BCUT2D eigenvalue weighted by atomic mass is 9.98. The first-order valence-corrected chi connectivity index (χ1v) is 10.9. The van der Waals surface area contributed by atoms with Crippen LogP contribution in [0.1, 0.15) is 29.5 Å². The zero-order valence-electron chi connectivity index (χ0n) is 18.5. The number of carbonyl (C=O) groups excluding carboxylic acids is 2. The molecule has 3 aromatic carbocycles. The molecule has 0 fully saturated rings. The molecule has 0 radical (unpaired) electrons. The summed E-state index contributed by atoms with van der Waals surface area (Å²) in [5.74, 6) is -1.55. The van der Waals surface area contributed by atoms with E-state index in [1.165, 1.54) is 6.08 Å². The second-order valence-corrected chi connectivity index (χ2v) is 7.98. The van der Waals surface area contributed by atoms with Crippen LogP contribution < -0.4 is 10.6 Å². The highest BCUT2D eigenvalue weighted by Gasteiger charge is 2.29. The smallest absolute Gasteiger partial charge is 0.407 e. The summed E-state index contributed by atoms with van der Waals surface area (Å²) < 4.78 is 5.49. The van der Waals surface area contributed by atoms with E-state index in [1.54, 1.807) is 31.2 Å². The number of anilines is 1. The molecule has 172 valence electrons. The number of benzene rings is 3. The maximum atomic E-state index is 12.5. The van der Waals surface area contributed by atoms with Gasteiger partial charge in [-0.15, -0.1) is 0 Å². The molecule has 0 aliphatic heterocycles. The minimum absolute atomic E-state index is 0.0659. The Labute approximate surface area is 197 Å². The summed E-state index contributed by atoms with van der Waals surface area (Å²) in [6, 6.07) is 22.0. The molecule has 7 nitrogen and oxygen atoms in total. The minimum Gasteiger partial charge on any atom is -0.478 e. The number of amides is 2. The van der Waals surface area contributed by atoms with Crippen LogP contribution in [-0.2, 0) is 14.3 Å². The average molecular weight is 456 g/mol. The van der Waals surface area contributed by atoms with Crippen molar-refractivity contribution in [2.24, 2.45) is 0 Å². The fraction of sp³-hybridized carbons (Fsp3) is 0.148. The molecule has 1 aliphatic rings. The number of alkyl carbamates (subject to hydrolysis) is 1. The number of carboxylic acid groups (broad SMARTS) is 1. The maximum absolute atomic E-state index is 12.5. The van der Waals surface area contributed by atoms with Gasteiger partial charge in [-0.25, -0.2) is 9.59 Å². The molecule has 1 aliphatic carbocycles. The normalized spacial score (nSPS) is 13.1. The van der Waals surface area contributed by atoms with Crippen LogP contribution in [0, 0.1) is 0 Å². The standard InChI is InChI=1S/C27H24N2O5/c1-17(26(32)29-19-8-6-7-18(15-19)13-14-25(30)31)28-27(33)34-16-24-22-11-4-2-9-20(22)21-10-3-5-12-23(21)24/h2-15,17,24H,16H2,1H3,(H,28,33)(H,29,32)(H,30,31)/b14-13+. The molecule has 0 spiro atoms. The first-order chi connectivity index (χ1) is 16.4. The van der Waals surface area contributed by atoms with E-state index in [2.05, 4.69) is 22.8 Å². The van der Waals surface area contributed by atoms with Crippen LogP contribution in [0.3, 0.4) is 0 Å². The Kier molecular flexibility index (Phi) is 6.73. The van der Waals surface area contributed by atoms with Crippen molar-refractivity contribution in [1.82, 2.24) is 5.32 Å². The third-order valence-corrected chi connectivity index (χ3v) is 5.64. The van der Waals surface area contributed by atoms with Crippen molar-refractivity contribution in [3.63, 3.8) is 0 Å². The van der Waals surface area contributed by atoms with Crippen molar-refractivity contribution in [3.05, 3.63) is 95.6 Å². The van der Waals surface area contributed by atoms with Crippen molar-refractivity contribution in [1.29, 1.82) is 0 Å². The van der Waals surface area contributed by atoms with Gasteiger partial charge in [0, 0.05) is 17.7 Å². The van der Waals surface area contributed by atoms with E-state index >= 15 is 0 Å². The van der Waals surface area contributed by atoms with Crippen LogP contribution >= 0.6 is 0 Å². The molecule has 34 heavy (non-hydrogen) atoms.